The van der Waals surface area contributed by atoms with Crippen LogP contribution in [0, 0.1) is 6.92 Å². The molecule has 106 valence electrons. The summed E-state index contributed by atoms with van der Waals surface area (Å²) in [7, 11) is 2.16. The molecule has 1 heterocycles. The zero-order valence-corrected chi connectivity index (χ0v) is 12.0. The summed E-state index contributed by atoms with van der Waals surface area (Å²) in [4.78, 5) is 4.79. The molecular formula is C15H25N3O. The Labute approximate surface area is 116 Å². The van der Waals surface area contributed by atoms with Gasteiger partial charge in [-0.15, -0.1) is 0 Å². The minimum atomic E-state index is 0.458. The number of rotatable bonds is 5. The van der Waals surface area contributed by atoms with E-state index in [1.54, 1.807) is 0 Å². The Morgan fingerprint density at radius 1 is 1.32 bits per heavy atom. The van der Waals surface area contributed by atoms with Crippen LogP contribution in [0.15, 0.2) is 24.3 Å². The van der Waals surface area contributed by atoms with Crippen LogP contribution in [-0.2, 0) is 0 Å². The molecule has 1 aliphatic heterocycles. The van der Waals surface area contributed by atoms with E-state index in [-0.39, 0.29) is 0 Å². The second-order valence-corrected chi connectivity index (χ2v) is 5.30. The van der Waals surface area contributed by atoms with Crippen LogP contribution in [0.5, 0.6) is 5.75 Å². The molecule has 19 heavy (non-hydrogen) atoms. The molecule has 0 spiro atoms. The second kappa shape index (κ2) is 6.89. The Morgan fingerprint density at radius 2 is 2.11 bits per heavy atom. The van der Waals surface area contributed by atoms with Crippen LogP contribution >= 0.6 is 0 Å². The predicted octanol–water partition coefficient (Wildman–Crippen LogP) is 0.949. The first-order chi connectivity index (χ1) is 9.20. The Kier molecular flexibility index (Phi) is 5.19. The van der Waals surface area contributed by atoms with Crippen molar-refractivity contribution in [3.8, 4) is 5.75 Å². The number of para-hydroxylation sites is 1. The minimum absolute atomic E-state index is 0.458. The van der Waals surface area contributed by atoms with Gasteiger partial charge in [0.25, 0.3) is 0 Å². The summed E-state index contributed by atoms with van der Waals surface area (Å²) < 4.78 is 5.86. The van der Waals surface area contributed by atoms with E-state index in [9.17, 15) is 0 Å². The standard InChI is InChI=1S/C15H25N3O/c1-13-5-3-4-6-15(13)19-10-9-18-8-7-17(2)12-14(18)11-16/h3-6,14H,7-12,16H2,1-2H3. The molecule has 0 saturated carbocycles. The highest BCUT2D eigenvalue weighted by Crippen LogP contribution is 2.16. The van der Waals surface area contributed by atoms with Crippen LogP contribution in [0.3, 0.4) is 0 Å². The van der Waals surface area contributed by atoms with Crippen molar-refractivity contribution >= 4 is 0 Å². The normalized spacial score (nSPS) is 21.5. The molecule has 2 rings (SSSR count). The monoisotopic (exact) mass is 263 g/mol. The van der Waals surface area contributed by atoms with Gasteiger partial charge in [-0.05, 0) is 25.6 Å². The summed E-state index contributed by atoms with van der Waals surface area (Å²) in [5.74, 6) is 0.987. The zero-order valence-electron chi connectivity index (χ0n) is 12.0. The van der Waals surface area contributed by atoms with E-state index < -0.39 is 0 Å². The van der Waals surface area contributed by atoms with Crippen molar-refractivity contribution in [2.45, 2.75) is 13.0 Å². The Hall–Kier alpha value is -1.10. The zero-order chi connectivity index (χ0) is 13.7. The van der Waals surface area contributed by atoms with Gasteiger partial charge < -0.3 is 15.4 Å². The molecule has 1 unspecified atom stereocenters. The van der Waals surface area contributed by atoms with Gasteiger partial charge >= 0.3 is 0 Å². The van der Waals surface area contributed by atoms with E-state index in [1.165, 1.54) is 5.56 Å². The van der Waals surface area contributed by atoms with Gasteiger partial charge in [-0.25, -0.2) is 0 Å². The third-order valence-electron chi connectivity index (χ3n) is 3.81. The average Bonchev–Trinajstić information content (AvgIpc) is 2.42. The SMILES string of the molecule is Cc1ccccc1OCCN1CCN(C)CC1CN. The summed E-state index contributed by atoms with van der Waals surface area (Å²) in [5.41, 5.74) is 7.04. The van der Waals surface area contributed by atoms with Gasteiger partial charge in [-0.3, -0.25) is 4.90 Å². The van der Waals surface area contributed by atoms with Gasteiger partial charge in [0.05, 0.1) is 0 Å². The number of hydrogen-bond donors (Lipinski definition) is 1. The van der Waals surface area contributed by atoms with Crippen molar-refractivity contribution in [3.05, 3.63) is 29.8 Å². The molecule has 1 aromatic rings. The molecule has 2 N–H and O–H groups in total. The van der Waals surface area contributed by atoms with E-state index in [0.29, 0.717) is 12.6 Å². The predicted molar refractivity (Wildman–Crippen MR) is 78.6 cm³/mol. The molecule has 1 aromatic carbocycles. The van der Waals surface area contributed by atoms with Gasteiger partial charge in [0.2, 0.25) is 0 Å². The summed E-state index contributed by atoms with van der Waals surface area (Å²) in [6.07, 6.45) is 0. The van der Waals surface area contributed by atoms with Gasteiger partial charge in [-0.2, -0.15) is 0 Å². The summed E-state index contributed by atoms with van der Waals surface area (Å²) in [5, 5.41) is 0. The van der Waals surface area contributed by atoms with Gasteiger partial charge in [0.15, 0.2) is 0 Å². The number of ether oxygens (including phenoxy) is 1. The highest BCUT2D eigenvalue weighted by molar-refractivity contribution is 5.31. The molecule has 0 aromatic heterocycles. The van der Waals surface area contributed by atoms with Crippen LogP contribution in [-0.4, -0.2) is 62.2 Å². The number of nitrogens with two attached hydrogens (primary N) is 1. The van der Waals surface area contributed by atoms with Crippen molar-refractivity contribution in [1.82, 2.24) is 9.80 Å². The number of nitrogens with zero attached hydrogens (tertiary/aromatic N) is 2. The molecule has 0 bridgehead atoms. The maximum atomic E-state index is 5.86. The van der Waals surface area contributed by atoms with E-state index in [4.69, 9.17) is 10.5 Å². The smallest absolute Gasteiger partial charge is 0.122 e. The van der Waals surface area contributed by atoms with Gasteiger partial charge in [0, 0.05) is 38.8 Å². The molecule has 1 fully saturated rings. The highest BCUT2D eigenvalue weighted by atomic mass is 16.5. The number of likely N-dealkylation sites (N-methyl/N-ethyl adjacent to an activating group) is 1. The molecule has 1 aliphatic rings. The fraction of sp³-hybridized carbons (Fsp3) is 0.600. The van der Waals surface area contributed by atoms with E-state index in [2.05, 4.69) is 29.8 Å². The first-order valence-corrected chi connectivity index (χ1v) is 7.02. The largest absolute Gasteiger partial charge is 0.492 e. The average molecular weight is 263 g/mol. The van der Waals surface area contributed by atoms with Gasteiger partial charge in [0.1, 0.15) is 12.4 Å². The lowest BCUT2D eigenvalue weighted by atomic mass is 10.2. The second-order valence-electron chi connectivity index (χ2n) is 5.30. The number of aryl methyl sites for hydroxylation is 1. The minimum Gasteiger partial charge on any atom is -0.492 e. The summed E-state index contributed by atoms with van der Waals surface area (Å²) >= 11 is 0. The van der Waals surface area contributed by atoms with Crippen LogP contribution in [0.1, 0.15) is 5.56 Å². The van der Waals surface area contributed by atoms with Crippen LogP contribution < -0.4 is 10.5 Å². The fourth-order valence-electron chi connectivity index (χ4n) is 2.56. The summed E-state index contributed by atoms with van der Waals surface area (Å²) in [6.45, 7) is 7.72. The fourth-order valence-corrected chi connectivity index (χ4v) is 2.56. The number of benzene rings is 1. The third-order valence-corrected chi connectivity index (χ3v) is 3.81. The van der Waals surface area contributed by atoms with Crippen LogP contribution in [0.4, 0.5) is 0 Å². The van der Waals surface area contributed by atoms with Crippen LogP contribution in [0.25, 0.3) is 0 Å². The van der Waals surface area contributed by atoms with Crippen molar-refractivity contribution in [3.63, 3.8) is 0 Å². The molecule has 1 atom stereocenters. The first-order valence-electron chi connectivity index (χ1n) is 7.02. The van der Waals surface area contributed by atoms with E-state index >= 15 is 0 Å². The number of piperazine rings is 1. The molecule has 0 radical (unpaired) electrons. The lowest BCUT2D eigenvalue weighted by Gasteiger charge is -2.39. The van der Waals surface area contributed by atoms with Crippen molar-refractivity contribution < 1.29 is 4.74 Å². The Morgan fingerprint density at radius 3 is 2.84 bits per heavy atom. The maximum Gasteiger partial charge on any atom is 0.122 e. The van der Waals surface area contributed by atoms with E-state index in [0.717, 1.165) is 38.5 Å². The number of hydrogen-bond acceptors (Lipinski definition) is 4. The molecule has 4 nitrogen and oxygen atoms in total. The van der Waals surface area contributed by atoms with Crippen molar-refractivity contribution in [2.75, 3.05) is 46.4 Å². The molecule has 0 amide bonds. The van der Waals surface area contributed by atoms with Gasteiger partial charge in [-0.1, -0.05) is 18.2 Å². The van der Waals surface area contributed by atoms with Crippen molar-refractivity contribution in [2.24, 2.45) is 5.73 Å². The highest BCUT2D eigenvalue weighted by Gasteiger charge is 2.23. The third kappa shape index (κ3) is 3.93. The van der Waals surface area contributed by atoms with Crippen molar-refractivity contribution in [1.29, 1.82) is 0 Å². The first kappa shape index (κ1) is 14.3. The lowest BCUT2D eigenvalue weighted by molar-refractivity contribution is 0.0806. The maximum absolute atomic E-state index is 5.86. The van der Waals surface area contributed by atoms with E-state index in [1.807, 2.05) is 18.2 Å². The Bertz CT molecular complexity index is 397. The molecular weight excluding hydrogens is 238 g/mol. The summed E-state index contributed by atoms with van der Waals surface area (Å²) in [6, 6.07) is 8.61. The quantitative estimate of drug-likeness (QED) is 0.859. The Balaban J connectivity index is 1.80. The molecule has 1 saturated heterocycles. The van der Waals surface area contributed by atoms with Crippen LogP contribution in [0.2, 0.25) is 0 Å². The molecule has 4 heteroatoms. The molecule has 0 aliphatic carbocycles. The lowest BCUT2D eigenvalue weighted by Crippen LogP contribution is -2.55. The topological polar surface area (TPSA) is 41.7 Å².